The summed E-state index contributed by atoms with van der Waals surface area (Å²) in [6, 6.07) is 10.9. The van der Waals surface area contributed by atoms with Gasteiger partial charge in [0.25, 0.3) is 5.91 Å². The van der Waals surface area contributed by atoms with Crippen LogP contribution in [0.15, 0.2) is 42.7 Å². The Hall–Kier alpha value is -2.86. The first-order chi connectivity index (χ1) is 14.0. The number of carbonyl (C=O) groups is 1. The van der Waals surface area contributed by atoms with E-state index in [0.29, 0.717) is 6.04 Å². The number of H-pyrrole nitrogens is 1. The number of carbonyl (C=O) groups excluding carboxylic acids is 1. The topological polar surface area (TPSA) is 64.3 Å². The molecule has 2 aromatic heterocycles. The largest absolute Gasteiger partial charge is 0.368 e. The Balaban J connectivity index is 1.39. The fourth-order valence-corrected chi connectivity index (χ4v) is 4.29. The molecule has 0 bridgehead atoms. The first kappa shape index (κ1) is 18.2. The summed E-state index contributed by atoms with van der Waals surface area (Å²) >= 11 is 0. The Labute approximate surface area is 170 Å². The second kappa shape index (κ2) is 6.59. The van der Waals surface area contributed by atoms with Gasteiger partial charge in [0.05, 0.1) is 5.54 Å². The number of rotatable bonds is 5. The van der Waals surface area contributed by atoms with Crippen molar-refractivity contribution in [2.75, 3.05) is 32.1 Å². The molecule has 5 rings (SSSR count). The van der Waals surface area contributed by atoms with Crippen molar-refractivity contribution in [3.63, 3.8) is 0 Å². The van der Waals surface area contributed by atoms with Crippen LogP contribution in [0.3, 0.4) is 0 Å². The van der Waals surface area contributed by atoms with Crippen LogP contribution in [0.4, 0.5) is 5.69 Å². The van der Waals surface area contributed by atoms with Crippen LogP contribution in [0, 0.1) is 6.92 Å². The number of likely N-dealkylation sites (N-methyl/N-ethyl adjacent to an activating group) is 1. The molecule has 3 aromatic rings. The van der Waals surface area contributed by atoms with Gasteiger partial charge in [0, 0.05) is 48.2 Å². The average molecular weight is 390 g/mol. The lowest BCUT2D eigenvalue weighted by atomic mass is 10.00. The van der Waals surface area contributed by atoms with Crippen molar-refractivity contribution >= 4 is 22.6 Å². The van der Waals surface area contributed by atoms with Crippen molar-refractivity contribution in [3.8, 4) is 0 Å². The van der Waals surface area contributed by atoms with Crippen LogP contribution in [0.2, 0.25) is 0 Å². The fraction of sp³-hybridized carbons (Fsp3) is 0.391. The lowest BCUT2D eigenvalue weighted by Crippen LogP contribution is -2.57. The van der Waals surface area contributed by atoms with E-state index in [-0.39, 0.29) is 11.4 Å². The van der Waals surface area contributed by atoms with Gasteiger partial charge in [-0.25, -0.2) is 4.98 Å². The number of aryl methyl sites for hydroxylation is 1. The van der Waals surface area contributed by atoms with Crippen LogP contribution in [-0.2, 0) is 5.54 Å². The highest BCUT2D eigenvalue weighted by Crippen LogP contribution is 2.47. The number of benzene rings is 1. The predicted molar refractivity (Wildman–Crippen MR) is 115 cm³/mol. The molecule has 150 valence electrons. The first-order valence-corrected chi connectivity index (χ1v) is 10.2. The summed E-state index contributed by atoms with van der Waals surface area (Å²) in [5.41, 5.74) is 4.64. The summed E-state index contributed by atoms with van der Waals surface area (Å²) in [6.07, 6.45) is 5.63. The first-order valence-electron chi connectivity index (χ1n) is 10.2. The maximum absolute atomic E-state index is 13.3. The number of aromatic amines is 1. The normalized spacial score (nSPS) is 18.1. The van der Waals surface area contributed by atoms with Gasteiger partial charge >= 0.3 is 0 Å². The number of aromatic nitrogens is 2. The minimum absolute atomic E-state index is 0.00651. The summed E-state index contributed by atoms with van der Waals surface area (Å²) in [6.45, 7) is 4.01. The molecule has 1 aliphatic heterocycles. The number of nitrogens with one attached hydrogen (secondary N) is 2. The number of anilines is 1. The summed E-state index contributed by atoms with van der Waals surface area (Å²) in [5, 5.41) is 4.43. The minimum atomic E-state index is -0.282. The molecule has 0 atom stereocenters. The molecule has 1 aliphatic carbocycles. The quantitative estimate of drug-likeness (QED) is 0.704. The van der Waals surface area contributed by atoms with Gasteiger partial charge in [-0.1, -0.05) is 6.07 Å². The van der Waals surface area contributed by atoms with E-state index >= 15 is 0 Å². The molecule has 1 saturated heterocycles. The van der Waals surface area contributed by atoms with Crippen LogP contribution in [0.25, 0.3) is 11.0 Å². The third-order valence-corrected chi connectivity index (χ3v) is 6.50. The van der Waals surface area contributed by atoms with Gasteiger partial charge in [0.1, 0.15) is 5.65 Å². The smallest absolute Gasteiger partial charge is 0.252 e. The highest BCUT2D eigenvalue weighted by Gasteiger charge is 2.47. The second-order valence-corrected chi connectivity index (χ2v) is 8.66. The molecule has 2 fully saturated rings. The molecule has 1 saturated carbocycles. The van der Waals surface area contributed by atoms with Crippen molar-refractivity contribution in [1.82, 2.24) is 20.2 Å². The zero-order chi connectivity index (χ0) is 20.2. The van der Waals surface area contributed by atoms with Gasteiger partial charge in [-0.3, -0.25) is 4.79 Å². The number of hydrogen-bond donors (Lipinski definition) is 2. The van der Waals surface area contributed by atoms with E-state index in [1.54, 1.807) is 0 Å². The maximum atomic E-state index is 13.3. The molecule has 2 N–H and O–H groups in total. The Morgan fingerprint density at radius 2 is 2.03 bits per heavy atom. The fourth-order valence-electron chi connectivity index (χ4n) is 4.29. The van der Waals surface area contributed by atoms with E-state index in [2.05, 4.69) is 51.3 Å². The number of fused-ring (bicyclic) bond motifs is 1. The highest BCUT2D eigenvalue weighted by molar-refractivity contribution is 5.98. The van der Waals surface area contributed by atoms with Crippen LogP contribution < -0.4 is 10.2 Å². The molecule has 3 heterocycles. The second-order valence-electron chi connectivity index (χ2n) is 8.66. The van der Waals surface area contributed by atoms with E-state index in [1.807, 2.05) is 37.5 Å². The van der Waals surface area contributed by atoms with E-state index in [1.165, 1.54) is 0 Å². The molecule has 0 radical (unpaired) electrons. The molecule has 6 nitrogen and oxygen atoms in total. The van der Waals surface area contributed by atoms with Gasteiger partial charge in [-0.2, -0.15) is 0 Å². The van der Waals surface area contributed by atoms with Gasteiger partial charge in [-0.05, 0) is 69.3 Å². The van der Waals surface area contributed by atoms with Gasteiger partial charge in [-0.15, -0.1) is 0 Å². The average Bonchev–Trinajstić information content (AvgIpc) is 3.26. The molecule has 1 aromatic carbocycles. The lowest BCUT2D eigenvalue weighted by molar-refractivity contribution is 0.0930. The lowest BCUT2D eigenvalue weighted by Gasteiger charge is -2.44. The van der Waals surface area contributed by atoms with Crippen molar-refractivity contribution < 1.29 is 4.79 Å². The third kappa shape index (κ3) is 3.08. The molecule has 29 heavy (non-hydrogen) atoms. The zero-order valence-corrected chi connectivity index (χ0v) is 17.2. The molecule has 2 aliphatic rings. The van der Waals surface area contributed by atoms with E-state index in [9.17, 15) is 4.79 Å². The molecule has 0 spiro atoms. The summed E-state index contributed by atoms with van der Waals surface area (Å²) in [7, 11) is 4.23. The van der Waals surface area contributed by atoms with E-state index in [4.69, 9.17) is 0 Å². The number of hydrogen-bond acceptors (Lipinski definition) is 4. The van der Waals surface area contributed by atoms with Crippen LogP contribution >= 0.6 is 0 Å². The Kier molecular flexibility index (Phi) is 4.13. The summed E-state index contributed by atoms with van der Waals surface area (Å²) < 4.78 is 0. The molecular weight excluding hydrogens is 362 g/mol. The monoisotopic (exact) mass is 389 g/mol. The van der Waals surface area contributed by atoms with Gasteiger partial charge in [0.15, 0.2) is 0 Å². The zero-order valence-electron chi connectivity index (χ0n) is 17.2. The number of nitrogens with zero attached hydrogens (tertiary/aromatic N) is 3. The van der Waals surface area contributed by atoms with Crippen molar-refractivity contribution in [3.05, 3.63) is 59.4 Å². The van der Waals surface area contributed by atoms with Crippen LogP contribution in [0.5, 0.6) is 0 Å². The van der Waals surface area contributed by atoms with Gasteiger partial charge < -0.3 is 20.1 Å². The summed E-state index contributed by atoms with van der Waals surface area (Å²) in [5.74, 6) is 0.00651. The van der Waals surface area contributed by atoms with Crippen LogP contribution in [0.1, 0.15) is 34.3 Å². The molecule has 6 heteroatoms. The minimum Gasteiger partial charge on any atom is -0.368 e. The van der Waals surface area contributed by atoms with Crippen molar-refractivity contribution in [2.24, 2.45) is 0 Å². The Morgan fingerprint density at radius 3 is 2.76 bits per heavy atom. The number of pyridine rings is 1. The molecule has 0 unspecified atom stereocenters. The SMILES string of the molecule is Cc1ccc(N2CC(N(C)C)C2)cc1C(=O)NC1(c2ccnc3[nH]ccc23)CC1. The van der Waals surface area contributed by atoms with E-state index < -0.39 is 0 Å². The van der Waals surface area contributed by atoms with Crippen molar-refractivity contribution in [2.45, 2.75) is 31.3 Å². The summed E-state index contributed by atoms with van der Waals surface area (Å²) in [4.78, 5) is 25.4. The number of amides is 1. The van der Waals surface area contributed by atoms with Crippen molar-refractivity contribution in [1.29, 1.82) is 0 Å². The maximum Gasteiger partial charge on any atom is 0.252 e. The van der Waals surface area contributed by atoms with Crippen LogP contribution in [-0.4, -0.2) is 54.0 Å². The van der Waals surface area contributed by atoms with Gasteiger partial charge in [0.2, 0.25) is 0 Å². The highest BCUT2D eigenvalue weighted by atomic mass is 16.1. The standard InChI is InChI=1S/C23H27N5O/c1-15-4-5-16(28-13-17(14-28)27(2)3)12-19(15)22(29)26-23(8-9-23)20-7-11-25-21-18(20)6-10-24-21/h4-7,10-12,17H,8-9,13-14H2,1-3H3,(H,24,25)(H,26,29). The third-order valence-electron chi connectivity index (χ3n) is 6.50. The Morgan fingerprint density at radius 1 is 1.24 bits per heavy atom. The molecular formula is C23H27N5O. The Bertz CT molecular complexity index is 1080. The predicted octanol–water partition coefficient (Wildman–Crippen LogP) is 3.04. The molecule has 1 amide bonds. The van der Waals surface area contributed by atoms with E-state index in [0.717, 1.165) is 59.3 Å².